The summed E-state index contributed by atoms with van der Waals surface area (Å²) in [6.45, 7) is 0. The summed E-state index contributed by atoms with van der Waals surface area (Å²) in [6.07, 6.45) is 3.52. The maximum atomic E-state index is 8.72. The zero-order chi connectivity index (χ0) is 8.55. The first-order valence-electron chi connectivity index (χ1n) is 3.63. The van der Waals surface area contributed by atoms with Crippen molar-refractivity contribution in [1.82, 2.24) is 9.55 Å². The topological polar surface area (TPSA) is 41.6 Å². The Labute approximate surface area is 70.2 Å². The van der Waals surface area contributed by atoms with Crippen LogP contribution in [0.5, 0.6) is 0 Å². The number of fused-ring (bicyclic) bond motifs is 1. The molecule has 0 aromatic rings. The molecule has 3 heteroatoms. The van der Waals surface area contributed by atoms with E-state index in [0.717, 1.165) is 11.4 Å². The van der Waals surface area contributed by atoms with Gasteiger partial charge in [-0.2, -0.15) is 5.26 Å². The molecule has 0 spiro atoms. The molecule has 0 aromatic heterocycles. The van der Waals surface area contributed by atoms with Gasteiger partial charge in [-0.25, -0.2) is 4.98 Å². The van der Waals surface area contributed by atoms with Crippen LogP contribution in [0.25, 0.3) is 11.4 Å². The van der Waals surface area contributed by atoms with Crippen LogP contribution in [0.2, 0.25) is 0 Å². The molecule has 0 aliphatic carbocycles. The van der Waals surface area contributed by atoms with E-state index in [0.29, 0.717) is 5.56 Å². The third kappa shape index (κ3) is 0.785. The largest absolute Gasteiger partial charge is 0.336 e. The number of hydrogen-bond acceptors (Lipinski definition) is 2. The van der Waals surface area contributed by atoms with Crippen molar-refractivity contribution in [1.29, 1.82) is 5.26 Å². The Bertz CT molecular complexity index is 422. The lowest BCUT2D eigenvalue weighted by Gasteiger charge is -2.03. The summed E-state index contributed by atoms with van der Waals surface area (Å²) in [5, 5.41) is 8.72. The monoisotopic (exact) mass is 157 g/mol. The van der Waals surface area contributed by atoms with E-state index in [2.05, 4.69) is 11.1 Å². The van der Waals surface area contributed by atoms with E-state index in [9.17, 15) is 0 Å². The Morgan fingerprint density at radius 2 is 2.42 bits per heavy atom. The maximum absolute atomic E-state index is 8.72. The van der Waals surface area contributed by atoms with Gasteiger partial charge >= 0.3 is 0 Å². The van der Waals surface area contributed by atoms with Crippen molar-refractivity contribution in [2.45, 2.75) is 0 Å². The van der Waals surface area contributed by atoms with Gasteiger partial charge in [0.25, 0.3) is 0 Å². The SMILES string of the molecule is Cn1cccc2c(C#N)cnc1-2. The summed E-state index contributed by atoms with van der Waals surface area (Å²) >= 11 is 0. The van der Waals surface area contributed by atoms with Crippen molar-refractivity contribution in [2.24, 2.45) is 7.05 Å². The molecule has 0 aromatic carbocycles. The van der Waals surface area contributed by atoms with Crippen LogP contribution < -0.4 is 0 Å². The first-order chi connectivity index (χ1) is 5.83. The maximum Gasteiger partial charge on any atom is 0.140 e. The Hall–Kier alpha value is -1.82. The van der Waals surface area contributed by atoms with Gasteiger partial charge in [0.1, 0.15) is 11.9 Å². The second-order valence-corrected chi connectivity index (χ2v) is 2.64. The van der Waals surface area contributed by atoms with Gasteiger partial charge in [0, 0.05) is 25.0 Å². The molecule has 0 bridgehead atoms. The second-order valence-electron chi connectivity index (χ2n) is 2.64. The van der Waals surface area contributed by atoms with Crippen LogP contribution in [0.15, 0.2) is 24.5 Å². The molecule has 0 N–H and O–H groups in total. The zero-order valence-corrected chi connectivity index (χ0v) is 6.65. The number of aromatic nitrogens is 2. The smallest absolute Gasteiger partial charge is 0.140 e. The Balaban J connectivity index is 2.78. The Morgan fingerprint density at radius 1 is 1.58 bits per heavy atom. The molecule has 0 radical (unpaired) electrons. The molecule has 2 aliphatic heterocycles. The molecule has 0 amide bonds. The molecule has 0 atom stereocenters. The molecule has 2 rings (SSSR count). The normalized spacial score (nSPS) is 10.0. The van der Waals surface area contributed by atoms with Crippen LogP contribution >= 0.6 is 0 Å². The molecule has 0 saturated heterocycles. The fourth-order valence-corrected chi connectivity index (χ4v) is 1.26. The van der Waals surface area contributed by atoms with Gasteiger partial charge in [-0.3, -0.25) is 0 Å². The summed E-state index contributed by atoms with van der Waals surface area (Å²) in [5.74, 6) is 0.856. The van der Waals surface area contributed by atoms with Gasteiger partial charge in [-0.15, -0.1) is 0 Å². The lowest BCUT2D eigenvalue weighted by Crippen LogP contribution is -1.95. The number of aryl methyl sites for hydroxylation is 1. The lowest BCUT2D eigenvalue weighted by atomic mass is 10.2. The number of nitriles is 1. The van der Waals surface area contributed by atoms with E-state index in [1.54, 1.807) is 6.20 Å². The highest BCUT2D eigenvalue weighted by molar-refractivity contribution is 5.66. The number of rotatable bonds is 0. The van der Waals surface area contributed by atoms with Gasteiger partial charge in [-0.05, 0) is 12.1 Å². The zero-order valence-electron chi connectivity index (χ0n) is 6.65. The average Bonchev–Trinajstić information content (AvgIpc) is 2.49. The number of pyridine rings is 1. The van der Waals surface area contributed by atoms with Gasteiger partial charge in [0.05, 0.1) is 5.56 Å². The fraction of sp³-hybridized carbons (Fsp3) is 0.111. The first kappa shape index (κ1) is 6.86. The predicted molar refractivity (Wildman–Crippen MR) is 44.5 cm³/mol. The minimum Gasteiger partial charge on any atom is -0.336 e. The van der Waals surface area contributed by atoms with Crippen molar-refractivity contribution in [3.8, 4) is 17.5 Å². The summed E-state index contributed by atoms with van der Waals surface area (Å²) in [7, 11) is 1.91. The third-order valence-corrected chi connectivity index (χ3v) is 1.87. The summed E-state index contributed by atoms with van der Waals surface area (Å²) in [4.78, 5) is 4.13. The summed E-state index contributed by atoms with van der Waals surface area (Å²) in [6, 6.07) is 5.91. The summed E-state index contributed by atoms with van der Waals surface area (Å²) < 4.78 is 1.90. The van der Waals surface area contributed by atoms with E-state index >= 15 is 0 Å². The van der Waals surface area contributed by atoms with Gasteiger partial charge in [-0.1, -0.05) is 0 Å². The number of nitrogens with zero attached hydrogens (tertiary/aromatic N) is 3. The molecule has 0 saturated carbocycles. The Kier molecular flexibility index (Phi) is 1.34. The predicted octanol–water partition coefficient (Wildman–Crippen LogP) is 1.40. The van der Waals surface area contributed by atoms with Crippen LogP contribution in [0.1, 0.15) is 5.56 Å². The van der Waals surface area contributed by atoms with Gasteiger partial charge < -0.3 is 4.57 Å². The number of hydrogen-bond donors (Lipinski definition) is 0. The highest BCUT2D eigenvalue weighted by Crippen LogP contribution is 2.22. The third-order valence-electron chi connectivity index (χ3n) is 1.87. The molecule has 0 unspecified atom stereocenters. The van der Waals surface area contributed by atoms with Crippen molar-refractivity contribution in [3.05, 3.63) is 30.1 Å². The molecule has 3 nitrogen and oxygen atoms in total. The van der Waals surface area contributed by atoms with Crippen molar-refractivity contribution in [3.63, 3.8) is 0 Å². The minimum atomic E-state index is 0.640. The molecule has 58 valence electrons. The van der Waals surface area contributed by atoms with E-state index in [1.165, 1.54) is 0 Å². The highest BCUT2D eigenvalue weighted by Gasteiger charge is 2.11. The molecule has 2 heterocycles. The van der Waals surface area contributed by atoms with Gasteiger partial charge in [0.2, 0.25) is 0 Å². The Morgan fingerprint density at radius 3 is 3.17 bits per heavy atom. The average molecular weight is 157 g/mol. The minimum absolute atomic E-state index is 0.640. The first-order valence-corrected chi connectivity index (χ1v) is 3.63. The van der Waals surface area contributed by atoms with Crippen molar-refractivity contribution < 1.29 is 0 Å². The fourth-order valence-electron chi connectivity index (χ4n) is 1.26. The lowest BCUT2D eigenvalue weighted by molar-refractivity contribution is 0.891. The van der Waals surface area contributed by atoms with E-state index in [1.807, 2.05) is 29.9 Å². The van der Waals surface area contributed by atoms with Crippen LogP contribution in [-0.4, -0.2) is 9.55 Å². The van der Waals surface area contributed by atoms with Crippen LogP contribution in [0, 0.1) is 11.3 Å². The van der Waals surface area contributed by atoms with E-state index in [-0.39, 0.29) is 0 Å². The molecular formula is C9H7N3. The van der Waals surface area contributed by atoms with Crippen molar-refractivity contribution >= 4 is 0 Å². The second kappa shape index (κ2) is 2.35. The van der Waals surface area contributed by atoms with Crippen LogP contribution in [0.4, 0.5) is 0 Å². The molecule has 0 fully saturated rings. The van der Waals surface area contributed by atoms with Gasteiger partial charge in [0.15, 0.2) is 0 Å². The molecular weight excluding hydrogens is 150 g/mol. The van der Waals surface area contributed by atoms with E-state index < -0.39 is 0 Å². The van der Waals surface area contributed by atoms with Crippen LogP contribution in [0.3, 0.4) is 0 Å². The van der Waals surface area contributed by atoms with Crippen LogP contribution in [-0.2, 0) is 7.05 Å². The van der Waals surface area contributed by atoms with E-state index in [4.69, 9.17) is 5.26 Å². The highest BCUT2D eigenvalue weighted by atomic mass is 15.0. The van der Waals surface area contributed by atoms with Crippen molar-refractivity contribution in [2.75, 3.05) is 0 Å². The molecule has 2 aliphatic rings. The standard InChI is InChI=1S/C9H7N3/c1-12-4-2-3-8-7(5-10)6-11-9(8)12/h2-4,6H,1H3. The summed E-state index contributed by atoms with van der Waals surface area (Å²) in [5.41, 5.74) is 1.56. The quantitative estimate of drug-likeness (QED) is 0.580. The molecule has 12 heavy (non-hydrogen) atoms.